The zero-order valence-corrected chi connectivity index (χ0v) is 18.2. The Balaban J connectivity index is 1.06. The number of nitrogens with one attached hydrogen (secondary N) is 1. The van der Waals surface area contributed by atoms with Gasteiger partial charge >= 0.3 is 0 Å². The van der Waals surface area contributed by atoms with Crippen LogP contribution in [0.4, 0.5) is 4.39 Å². The van der Waals surface area contributed by atoms with Gasteiger partial charge < -0.3 is 14.6 Å². The Bertz CT molecular complexity index is 922. The van der Waals surface area contributed by atoms with E-state index in [9.17, 15) is 9.18 Å². The van der Waals surface area contributed by atoms with E-state index < -0.39 is 0 Å². The van der Waals surface area contributed by atoms with Crippen LogP contribution < -0.4 is 5.32 Å². The van der Waals surface area contributed by atoms with Crippen LogP contribution >= 0.6 is 0 Å². The van der Waals surface area contributed by atoms with Gasteiger partial charge in [0.2, 0.25) is 11.8 Å². The van der Waals surface area contributed by atoms with Gasteiger partial charge in [-0.1, -0.05) is 0 Å². The van der Waals surface area contributed by atoms with E-state index in [0.717, 1.165) is 62.6 Å². The van der Waals surface area contributed by atoms with Crippen molar-refractivity contribution >= 4 is 5.91 Å². The van der Waals surface area contributed by atoms with E-state index in [1.54, 1.807) is 12.1 Å². The van der Waals surface area contributed by atoms with Crippen LogP contribution in [0.25, 0.3) is 11.5 Å². The number of oxazole rings is 1. The second kappa shape index (κ2) is 8.36. The van der Waals surface area contributed by atoms with Crippen LogP contribution in [0.15, 0.2) is 28.7 Å². The SMILES string of the molecule is Cc1oc(-c2ccc(F)cc2)nc1CN1CC2(CC(C(=O)NCCN3CCCC3)C2)C1. The molecule has 2 saturated heterocycles. The van der Waals surface area contributed by atoms with E-state index in [1.807, 2.05) is 6.92 Å². The average Bonchev–Trinajstić information content (AvgIpc) is 3.33. The molecule has 0 unspecified atom stereocenters. The minimum absolute atomic E-state index is 0.180. The first-order valence-corrected chi connectivity index (χ1v) is 11.4. The molecule has 0 bridgehead atoms. The van der Waals surface area contributed by atoms with Crippen molar-refractivity contribution in [2.75, 3.05) is 39.3 Å². The summed E-state index contributed by atoms with van der Waals surface area (Å²) in [4.78, 5) is 21.9. The highest BCUT2D eigenvalue weighted by Crippen LogP contribution is 2.52. The highest BCUT2D eigenvalue weighted by atomic mass is 19.1. The summed E-state index contributed by atoms with van der Waals surface area (Å²) >= 11 is 0. The Kier molecular flexibility index (Phi) is 5.56. The summed E-state index contributed by atoms with van der Waals surface area (Å²) in [5, 5.41) is 3.14. The Hall–Kier alpha value is -2.25. The Labute approximate surface area is 182 Å². The monoisotopic (exact) mass is 426 g/mol. The molecule has 0 atom stereocenters. The van der Waals surface area contributed by atoms with Gasteiger partial charge in [-0.3, -0.25) is 9.69 Å². The molecule has 1 amide bonds. The molecule has 1 N–H and O–H groups in total. The highest BCUT2D eigenvalue weighted by molar-refractivity contribution is 5.79. The number of aromatic nitrogens is 1. The van der Waals surface area contributed by atoms with Gasteiger partial charge in [-0.2, -0.15) is 0 Å². The molecule has 7 heteroatoms. The number of carbonyl (C=O) groups is 1. The van der Waals surface area contributed by atoms with E-state index >= 15 is 0 Å². The fourth-order valence-electron chi connectivity index (χ4n) is 5.43. The quantitative estimate of drug-likeness (QED) is 0.737. The molecule has 6 nitrogen and oxygen atoms in total. The zero-order chi connectivity index (χ0) is 21.4. The summed E-state index contributed by atoms with van der Waals surface area (Å²) in [6.07, 6.45) is 4.57. The normalized spacial score (nSPS) is 21.2. The first kappa shape index (κ1) is 20.6. The molecule has 0 radical (unpaired) electrons. The van der Waals surface area contributed by atoms with Gasteiger partial charge in [-0.25, -0.2) is 9.37 Å². The molecule has 31 heavy (non-hydrogen) atoms. The third-order valence-electron chi connectivity index (χ3n) is 7.13. The van der Waals surface area contributed by atoms with E-state index in [4.69, 9.17) is 4.42 Å². The molecule has 1 aliphatic carbocycles. The topological polar surface area (TPSA) is 61.6 Å². The van der Waals surface area contributed by atoms with Crippen LogP contribution in [0, 0.1) is 24.1 Å². The van der Waals surface area contributed by atoms with Gasteiger partial charge in [0.25, 0.3) is 0 Å². The molecule has 2 aromatic rings. The second-order valence-electron chi connectivity index (χ2n) is 9.62. The van der Waals surface area contributed by atoms with Crippen molar-refractivity contribution in [2.45, 2.75) is 39.2 Å². The predicted octanol–water partition coefficient (Wildman–Crippen LogP) is 3.21. The summed E-state index contributed by atoms with van der Waals surface area (Å²) in [5.41, 5.74) is 2.03. The molecule has 1 spiro atoms. The molecular formula is C24H31FN4O2. The fraction of sp³-hybridized carbons (Fsp3) is 0.583. The maximum absolute atomic E-state index is 13.1. The van der Waals surface area contributed by atoms with Crippen molar-refractivity contribution in [3.8, 4) is 11.5 Å². The molecule has 3 heterocycles. The predicted molar refractivity (Wildman–Crippen MR) is 116 cm³/mol. The first-order chi connectivity index (χ1) is 15.0. The summed E-state index contributed by atoms with van der Waals surface area (Å²) in [6, 6.07) is 6.22. The van der Waals surface area contributed by atoms with Crippen LogP contribution in [0.5, 0.6) is 0 Å². The van der Waals surface area contributed by atoms with Gasteiger partial charge in [-0.15, -0.1) is 0 Å². The summed E-state index contributed by atoms with van der Waals surface area (Å²) in [5.74, 6) is 1.50. The van der Waals surface area contributed by atoms with Crippen molar-refractivity contribution in [2.24, 2.45) is 11.3 Å². The van der Waals surface area contributed by atoms with Crippen molar-refractivity contribution in [3.05, 3.63) is 41.5 Å². The van der Waals surface area contributed by atoms with Crippen molar-refractivity contribution in [1.82, 2.24) is 20.1 Å². The fourth-order valence-corrected chi connectivity index (χ4v) is 5.43. The summed E-state index contributed by atoms with van der Waals surface area (Å²) < 4.78 is 19.0. The maximum atomic E-state index is 13.1. The highest BCUT2D eigenvalue weighted by Gasteiger charge is 2.54. The standard InChI is InChI=1S/C24H31FN4O2/c1-17-21(27-23(31-17)18-4-6-20(25)7-5-18)14-29-15-24(16-29)12-19(13-24)22(30)26-8-11-28-9-2-3-10-28/h4-7,19H,2-3,8-16H2,1H3,(H,26,30). The lowest BCUT2D eigenvalue weighted by Crippen LogP contribution is -2.63. The van der Waals surface area contributed by atoms with E-state index in [0.29, 0.717) is 11.3 Å². The molecule has 3 fully saturated rings. The lowest BCUT2D eigenvalue weighted by molar-refractivity contribution is -0.145. The summed E-state index contributed by atoms with van der Waals surface area (Å²) in [7, 11) is 0. The number of rotatable bonds is 7. The van der Waals surface area contributed by atoms with Crippen molar-refractivity contribution in [3.63, 3.8) is 0 Å². The third kappa shape index (κ3) is 4.39. The number of hydrogen-bond acceptors (Lipinski definition) is 5. The molecule has 1 aromatic carbocycles. The zero-order valence-electron chi connectivity index (χ0n) is 18.2. The van der Waals surface area contributed by atoms with Crippen molar-refractivity contribution in [1.29, 1.82) is 0 Å². The lowest BCUT2D eigenvalue weighted by atomic mass is 9.57. The minimum Gasteiger partial charge on any atom is -0.441 e. The van der Waals surface area contributed by atoms with Crippen LogP contribution in [0.3, 0.4) is 0 Å². The van der Waals surface area contributed by atoms with Gasteiger partial charge in [-0.05, 0) is 75.4 Å². The van der Waals surface area contributed by atoms with E-state index in [2.05, 4.69) is 20.1 Å². The van der Waals surface area contributed by atoms with E-state index in [1.165, 1.54) is 38.1 Å². The van der Waals surface area contributed by atoms with Crippen LogP contribution in [-0.4, -0.2) is 60.0 Å². The number of halogens is 1. The Morgan fingerprint density at radius 3 is 2.61 bits per heavy atom. The number of likely N-dealkylation sites (tertiary alicyclic amines) is 2. The van der Waals surface area contributed by atoms with Crippen molar-refractivity contribution < 1.29 is 13.6 Å². The molecule has 166 valence electrons. The molecular weight excluding hydrogens is 395 g/mol. The smallest absolute Gasteiger partial charge is 0.226 e. The molecule has 3 aliphatic rings. The second-order valence-corrected chi connectivity index (χ2v) is 9.62. The number of amides is 1. The average molecular weight is 427 g/mol. The molecule has 5 rings (SSSR count). The van der Waals surface area contributed by atoms with Crippen LogP contribution in [-0.2, 0) is 11.3 Å². The van der Waals surface area contributed by atoms with E-state index in [-0.39, 0.29) is 17.6 Å². The number of hydrogen-bond donors (Lipinski definition) is 1. The lowest BCUT2D eigenvalue weighted by Gasteiger charge is -2.58. The Morgan fingerprint density at radius 1 is 1.19 bits per heavy atom. The minimum atomic E-state index is -0.266. The number of carbonyl (C=O) groups excluding carboxylic acids is 1. The molecule has 1 aromatic heterocycles. The number of nitrogens with zero attached hydrogens (tertiary/aromatic N) is 3. The first-order valence-electron chi connectivity index (χ1n) is 11.4. The van der Waals surface area contributed by atoms with Gasteiger partial charge in [0.1, 0.15) is 11.6 Å². The Morgan fingerprint density at radius 2 is 1.90 bits per heavy atom. The van der Waals surface area contributed by atoms with Crippen LogP contribution in [0.2, 0.25) is 0 Å². The number of aryl methyl sites for hydroxylation is 1. The van der Waals surface area contributed by atoms with Gasteiger partial charge in [0.15, 0.2) is 0 Å². The summed E-state index contributed by atoms with van der Waals surface area (Å²) in [6.45, 7) is 8.82. The maximum Gasteiger partial charge on any atom is 0.226 e. The largest absolute Gasteiger partial charge is 0.441 e. The molecule has 2 aliphatic heterocycles. The number of benzene rings is 1. The van der Waals surface area contributed by atoms with Gasteiger partial charge in [0.05, 0.1) is 5.69 Å². The van der Waals surface area contributed by atoms with Gasteiger partial charge in [0, 0.05) is 44.2 Å². The van der Waals surface area contributed by atoms with Crippen LogP contribution in [0.1, 0.15) is 37.1 Å². The third-order valence-corrected chi connectivity index (χ3v) is 7.13. The molecule has 1 saturated carbocycles.